The molecule has 20 heavy (non-hydrogen) atoms. The largest absolute Gasteiger partial charge is 0.445 e. The van der Waals surface area contributed by atoms with E-state index in [1.807, 2.05) is 35.2 Å². The quantitative estimate of drug-likeness (QED) is 0.901. The zero-order valence-corrected chi connectivity index (χ0v) is 11.9. The third-order valence-corrected chi connectivity index (χ3v) is 4.28. The SMILES string of the molecule is CC1CN(C(=O)OCc2ccccc2)C2CCC(C2)N1. The second kappa shape index (κ2) is 5.83. The van der Waals surface area contributed by atoms with E-state index < -0.39 is 0 Å². The topological polar surface area (TPSA) is 41.6 Å². The first-order valence-electron chi connectivity index (χ1n) is 7.46. The Labute approximate surface area is 120 Å². The average Bonchev–Trinajstić information content (AvgIpc) is 2.83. The van der Waals surface area contributed by atoms with Crippen LogP contribution in [0.3, 0.4) is 0 Å². The van der Waals surface area contributed by atoms with Gasteiger partial charge in [-0.2, -0.15) is 0 Å². The van der Waals surface area contributed by atoms with Crippen LogP contribution >= 0.6 is 0 Å². The van der Waals surface area contributed by atoms with Crippen LogP contribution < -0.4 is 5.32 Å². The fraction of sp³-hybridized carbons (Fsp3) is 0.562. The normalized spacial score (nSPS) is 29.1. The van der Waals surface area contributed by atoms with Gasteiger partial charge in [0.25, 0.3) is 0 Å². The maximum Gasteiger partial charge on any atom is 0.410 e. The van der Waals surface area contributed by atoms with Crippen molar-refractivity contribution >= 4 is 6.09 Å². The van der Waals surface area contributed by atoms with Gasteiger partial charge in [0.2, 0.25) is 0 Å². The molecule has 2 fully saturated rings. The van der Waals surface area contributed by atoms with Crippen LogP contribution in [0.1, 0.15) is 31.7 Å². The lowest BCUT2D eigenvalue weighted by atomic mass is 10.2. The Balaban J connectivity index is 1.61. The zero-order valence-electron chi connectivity index (χ0n) is 11.9. The number of rotatable bonds is 2. The fourth-order valence-corrected chi connectivity index (χ4v) is 3.32. The number of amides is 1. The molecule has 0 spiro atoms. The van der Waals surface area contributed by atoms with Crippen molar-refractivity contribution in [1.82, 2.24) is 10.2 Å². The molecule has 1 heterocycles. The minimum absolute atomic E-state index is 0.171. The van der Waals surface area contributed by atoms with Gasteiger partial charge in [0, 0.05) is 24.7 Å². The molecule has 4 nitrogen and oxygen atoms in total. The van der Waals surface area contributed by atoms with Gasteiger partial charge in [-0.3, -0.25) is 0 Å². The number of hydrogen-bond donors (Lipinski definition) is 1. The van der Waals surface area contributed by atoms with Crippen molar-refractivity contribution in [3.05, 3.63) is 35.9 Å². The summed E-state index contributed by atoms with van der Waals surface area (Å²) < 4.78 is 5.48. The number of benzene rings is 1. The first-order chi connectivity index (χ1) is 9.72. The third-order valence-electron chi connectivity index (χ3n) is 4.28. The molecule has 0 radical (unpaired) electrons. The molecule has 1 saturated heterocycles. The van der Waals surface area contributed by atoms with E-state index in [9.17, 15) is 4.79 Å². The summed E-state index contributed by atoms with van der Waals surface area (Å²) in [6, 6.07) is 11.1. The van der Waals surface area contributed by atoms with Crippen molar-refractivity contribution in [3.63, 3.8) is 0 Å². The minimum Gasteiger partial charge on any atom is -0.445 e. The minimum atomic E-state index is -0.171. The number of carbonyl (C=O) groups is 1. The number of ether oxygens (including phenoxy) is 1. The lowest BCUT2D eigenvalue weighted by molar-refractivity contribution is 0.0802. The van der Waals surface area contributed by atoms with E-state index in [4.69, 9.17) is 4.74 Å². The molecule has 3 atom stereocenters. The Morgan fingerprint density at radius 1 is 1.35 bits per heavy atom. The van der Waals surface area contributed by atoms with Gasteiger partial charge >= 0.3 is 6.09 Å². The highest BCUT2D eigenvalue weighted by atomic mass is 16.6. The molecule has 1 aromatic carbocycles. The van der Waals surface area contributed by atoms with Crippen LogP contribution in [0.2, 0.25) is 0 Å². The highest BCUT2D eigenvalue weighted by Gasteiger charge is 2.37. The van der Waals surface area contributed by atoms with Crippen molar-refractivity contribution < 1.29 is 9.53 Å². The van der Waals surface area contributed by atoms with Crippen molar-refractivity contribution in [2.24, 2.45) is 0 Å². The summed E-state index contributed by atoms with van der Waals surface area (Å²) in [6.07, 6.45) is 3.14. The summed E-state index contributed by atoms with van der Waals surface area (Å²) in [6.45, 7) is 3.24. The summed E-state index contributed by atoms with van der Waals surface area (Å²) >= 11 is 0. The van der Waals surface area contributed by atoms with Crippen LogP contribution in [0.4, 0.5) is 4.79 Å². The first-order valence-corrected chi connectivity index (χ1v) is 7.46. The summed E-state index contributed by atoms with van der Waals surface area (Å²) in [7, 11) is 0. The highest BCUT2D eigenvalue weighted by molar-refractivity contribution is 5.68. The summed E-state index contributed by atoms with van der Waals surface area (Å²) in [5.41, 5.74) is 1.03. The van der Waals surface area contributed by atoms with Crippen molar-refractivity contribution in [1.29, 1.82) is 0 Å². The Morgan fingerprint density at radius 2 is 2.15 bits per heavy atom. The molecular formula is C16H22N2O2. The van der Waals surface area contributed by atoms with Crippen LogP contribution in [-0.4, -0.2) is 35.7 Å². The number of nitrogens with zero attached hydrogens (tertiary/aromatic N) is 1. The zero-order chi connectivity index (χ0) is 13.9. The molecule has 1 amide bonds. The van der Waals surface area contributed by atoms with E-state index in [0.717, 1.165) is 31.4 Å². The molecule has 1 N–H and O–H groups in total. The van der Waals surface area contributed by atoms with E-state index in [1.165, 1.54) is 0 Å². The molecule has 1 aliphatic heterocycles. The smallest absolute Gasteiger partial charge is 0.410 e. The average molecular weight is 274 g/mol. The molecule has 3 unspecified atom stereocenters. The van der Waals surface area contributed by atoms with E-state index in [0.29, 0.717) is 24.7 Å². The van der Waals surface area contributed by atoms with Gasteiger partial charge in [-0.05, 0) is 31.7 Å². The molecule has 2 bridgehead atoms. The molecule has 108 valence electrons. The molecule has 1 aliphatic carbocycles. The van der Waals surface area contributed by atoms with Gasteiger partial charge in [0.1, 0.15) is 6.61 Å². The second-order valence-corrected chi connectivity index (χ2v) is 5.92. The standard InChI is InChI=1S/C16H22N2O2/c1-12-10-18(15-8-7-14(9-15)17-12)16(19)20-11-13-5-3-2-4-6-13/h2-6,12,14-15,17H,7-11H2,1H3. The third kappa shape index (κ3) is 2.96. The Morgan fingerprint density at radius 3 is 2.95 bits per heavy atom. The van der Waals surface area contributed by atoms with Gasteiger partial charge in [0.15, 0.2) is 0 Å². The monoisotopic (exact) mass is 274 g/mol. The molecule has 2 aliphatic rings. The predicted molar refractivity (Wildman–Crippen MR) is 77.4 cm³/mol. The number of carbonyl (C=O) groups excluding carboxylic acids is 1. The Hall–Kier alpha value is -1.55. The van der Waals surface area contributed by atoms with Crippen LogP contribution in [0.25, 0.3) is 0 Å². The van der Waals surface area contributed by atoms with Gasteiger partial charge in [-0.25, -0.2) is 4.79 Å². The summed E-state index contributed by atoms with van der Waals surface area (Å²) in [5.74, 6) is 0. The van der Waals surface area contributed by atoms with Gasteiger partial charge in [0.05, 0.1) is 0 Å². The molecular weight excluding hydrogens is 252 g/mol. The van der Waals surface area contributed by atoms with Gasteiger partial charge < -0.3 is 15.0 Å². The maximum atomic E-state index is 12.3. The van der Waals surface area contributed by atoms with Crippen LogP contribution in [0.5, 0.6) is 0 Å². The number of nitrogens with one attached hydrogen (secondary N) is 1. The second-order valence-electron chi connectivity index (χ2n) is 5.92. The van der Waals surface area contributed by atoms with Crippen LogP contribution in [-0.2, 0) is 11.3 Å². The Bertz CT molecular complexity index is 463. The maximum absolute atomic E-state index is 12.3. The van der Waals surface area contributed by atoms with E-state index in [-0.39, 0.29) is 6.09 Å². The lowest BCUT2D eigenvalue weighted by Crippen LogP contribution is -2.45. The predicted octanol–water partition coefficient (Wildman–Crippen LogP) is 2.54. The van der Waals surface area contributed by atoms with E-state index >= 15 is 0 Å². The molecule has 4 heteroatoms. The van der Waals surface area contributed by atoms with Crippen molar-refractivity contribution in [2.75, 3.05) is 6.54 Å². The molecule has 1 saturated carbocycles. The van der Waals surface area contributed by atoms with E-state index in [2.05, 4.69) is 12.2 Å². The summed E-state index contributed by atoms with van der Waals surface area (Å²) in [5, 5.41) is 3.58. The van der Waals surface area contributed by atoms with Crippen molar-refractivity contribution in [3.8, 4) is 0 Å². The van der Waals surface area contributed by atoms with Crippen LogP contribution in [0.15, 0.2) is 30.3 Å². The van der Waals surface area contributed by atoms with E-state index in [1.54, 1.807) is 0 Å². The van der Waals surface area contributed by atoms with Crippen LogP contribution in [0, 0.1) is 0 Å². The number of hydrogen-bond acceptors (Lipinski definition) is 3. The van der Waals surface area contributed by atoms with Gasteiger partial charge in [-0.15, -0.1) is 0 Å². The number of fused-ring (bicyclic) bond motifs is 2. The van der Waals surface area contributed by atoms with Gasteiger partial charge in [-0.1, -0.05) is 30.3 Å². The van der Waals surface area contributed by atoms with Crippen molar-refractivity contribution in [2.45, 2.75) is 50.9 Å². The molecule has 0 aromatic heterocycles. The molecule has 1 aromatic rings. The first kappa shape index (κ1) is 13.4. The highest BCUT2D eigenvalue weighted by Crippen LogP contribution is 2.28. The summed E-state index contributed by atoms with van der Waals surface area (Å²) in [4.78, 5) is 14.3. The fourth-order valence-electron chi connectivity index (χ4n) is 3.32. The Kier molecular flexibility index (Phi) is 3.92. The molecule has 3 rings (SSSR count). The lowest BCUT2D eigenvalue weighted by Gasteiger charge is -2.29.